The second kappa shape index (κ2) is 6.09. The monoisotopic (exact) mass is 335 g/mol. The molecule has 3 nitrogen and oxygen atoms in total. The van der Waals surface area contributed by atoms with E-state index in [0.29, 0.717) is 16.6 Å². The van der Waals surface area contributed by atoms with Crippen LogP contribution in [0.5, 0.6) is 0 Å². The van der Waals surface area contributed by atoms with Crippen molar-refractivity contribution in [2.45, 2.75) is 5.54 Å². The molecule has 25 heavy (non-hydrogen) atoms. The van der Waals surface area contributed by atoms with E-state index in [1.54, 1.807) is 16.8 Å². The quantitative estimate of drug-likeness (QED) is 0.556. The highest BCUT2D eigenvalue weighted by Gasteiger charge is 2.39. The van der Waals surface area contributed by atoms with E-state index < -0.39 is 12.2 Å². The van der Waals surface area contributed by atoms with Gasteiger partial charge in [0, 0.05) is 0 Å². The van der Waals surface area contributed by atoms with Crippen molar-refractivity contribution in [3.8, 4) is 0 Å². The Morgan fingerprint density at radius 1 is 0.800 bits per heavy atom. The number of hydrogen-bond donors (Lipinski definition) is 0. The number of fused-ring (bicyclic) bond motifs is 1. The average molecular weight is 335 g/mol. The minimum Gasteiger partial charge on any atom is -0.248 e. The Labute approximate surface area is 143 Å². The van der Waals surface area contributed by atoms with Gasteiger partial charge in [-0.15, -0.1) is 5.10 Å². The third kappa shape index (κ3) is 2.39. The number of halogens is 2. The number of rotatable bonds is 4. The summed E-state index contributed by atoms with van der Waals surface area (Å²) in [7, 11) is 0. The number of para-hydroxylation sites is 1. The van der Waals surface area contributed by atoms with Crippen LogP contribution in [0.4, 0.5) is 8.78 Å². The largest absolute Gasteiger partial charge is 0.248 e. The predicted molar refractivity (Wildman–Crippen MR) is 92.5 cm³/mol. The van der Waals surface area contributed by atoms with Gasteiger partial charge in [-0.1, -0.05) is 59.8 Å². The molecule has 0 N–H and O–H groups in total. The first-order valence-corrected chi connectivity index (χ1v) is 7.94. The summed E-state index contributed by atoms with van der Waals surface area (Å²) in [5.74, 6) is -0.368. The van der Waals surface area contributed by atoms with Crippen LogP contribution in [0.2, 0.25) is 0 Å². The Morgan fingerprint density at radius 3 is 2.16 bits per heavy atom. The molecule has 0 saturated heterocycles. The van der Waals surface area contributed by atoms with Crippen molar-refractivity contribution in [3.05, 3.63) is 95.8 Å². The third-order valence-corrected chi connectivity index (χ3v) is 4.48. The number of hydrogen-bond acceptors (Lipinski definition) is 2. The van der Waals surface area contributed by atoms with Gasteiger partial charge in [0.25, 0.3) is 0 Å². The molecule has 4 aromatic rings. The summed E-state index contributed by atoms with van der Waals surface area (Å²) in [6.45, 7) is -0.740. The first-order valence-electron chi connectivity index (χ1n) is 7.94. The molecule has 1 heterocycles. The van der Waals surface area contributed by atoms with E-state index in [9.17, 15) is 8.78 Å². The maximum Gasteiger partial charge on any atom is 0.143 e. The molecule has 0 fully saturated rings. The van der Waals surface area contributed by atoms with E-state index in [0.717, 1.165) is 5.56 Å². The molecule has 4 rings (SSSR count). The standard InChI is InChI=1S/C20H15F2N3/c21-14-20(15-6-2-1-3-7-15,16-10-12-17(22)13-11-16)25-19-9-5-4-8-18(19)23-24-25/h1-13H,14H2. The Balaban J connectivity index is 2.06. The highest BCUT2D eigenvalue weighted by molar-refractivity contribution is 5.75. The first kappa shape index (κ1) is 15.4. The lowest BCUT2D eigenvalue weighted by atomic mass is 9.83. The fourth-order valence-electron chi connectivity index (χ4n) is 3.21. The zero-order valence-electron chi connectivity index (χ0n) is 13.3. The van der Waals surface area contributed by atoms with Gasteiger partial charge in [0.2, 0.25) is 0 Å². The van der Waals surface area contributed by atoms with Crippen molar-refractivity contribution in [3.63, 3.8) is 0 Å². The number of aromatic nitrogens is 3. The van der Waals surface area contributed by atoms with Gasteiger partial charge in [0.1, 0.15) is 23.5 Å². The van der Waals surface area contributed by atoms with Gasteiger partial charge < -0.3 is 0 Å². The molecule has 3 aromatic carbocycles. The van der Waals surface area contributed by atoms with Gasteiger partial charge in [-0.3, -0.25) is 0 Å². The van der Waals surface area contributed by atoms with E-state index in [-0.39, 0.29) is 5.82 Å². The van der Waals surface area contributed by atoms with Crippen LogP contribution in [0.25, 0.3) is 11.0 Å². The van der Waals surface area contributed by atoms with Gasteiger partial charge in [0.05, 0.1) is 5.52 Å². The molecule has 1 aromatic heterocycles. The van der Waals surface area contributed by atoms with Crippen LogP contribution in [-0.2, 0) is 5.54 Å². The smallest absolute Gasteiger partial charge is 0.143 e. The van der Waals surface area contributed by atoms with Crippen molar-refractivity contribution < 1.29 is 8.78 Å². The van der Waals surface area contributed by atoms with Gasteiger partial charge in [-0.05, 0) is 35.4 Å². The van der Waals surface area contributed by atoms with Gasteiger partial charge in [0.15, 0.2) is 0 Å². The van der Waals surface area contributed by atoms with E-state index in [2.05, 4.69) is 10.3 Å². The van der Waals surface area contributed by atoms with E-state index in [1.165, 1.54) is 12.1 Å². The van der Waals surface area contributed by atoms with Gasteiger partial charge >= 0.3 is 0 Å². The normalized spacial score (nSPS) is 13.7. The molecule has 1 atom stereocenters. The fraction of sp³-hybridized carbons (Fsp3) is 0.100. The molecule has 0 bridgehead atoms. The number of alkyl halides is 1. The number of nitrogens with zero attached hydrogens (tertiary/aromatic N) is 3. The molecular formula is C20H15F2N3. The Hall–Kier alpha value is -3.08. The van der Waals surface area contributed by atoms with Crippen molar-refractivity contribution in [1.82, 2.24) is 15.0 Å². The summed E-state index contributed by atoms with van der Waals surface area (Å²) in [5, 5.41) is 8.42. The van der Waals surface area contributed by atoms with Crippen LogP contribution in [0.15, 0.2) is 78.9 Å². The highest BCUT2D eigenvalue weighted by atomic mass is 19.1. The van der Waals surface area contributed by atoms with Crippen molar-refractivity contribution in [2.75, 3.05) is 6.67 Å². The zero-order valence-corrected chi connectivity index (χ0v) is 13.3. The second-order valence-electron chi connectivity index (χ2n) is 5.86. The van der Waals surface area contributed by atoms with Crippen molar-refractivity contribution >= 4 is 11.0 Å². The maximum absolute atomic E-state index is 14.7. The summed E-state index contributed by atoms with van der Waals surface area (Å²) in [6, 6.07) is 22.5. The summed E-state index contributed by atoms with van der Waals surface area (Å²) in [6.07, 6.45) is 0. The van der Waals surface area contributed by atoms with Crippen LogP contribution >= 0.6 is 0 Å². The molecule has 0 aliphatic heterocycles. The van der Waals surface area contributed by atoms with Crippen LogP contribution in [-0.4, -0.2) is 21.7 Å². The summed E-state index contributed by atoms with van der Waals surface area (Å²) < 4.78 is 29.7. The summed E-state index contributed by atoms with van der Waals surface area (Å²) in [5.41, 5.74) is 1.51. The zero-order chi connectivity index (χ0) is 17.3. The fourth-order valence-corrected chi connectivity index (χ4v) is 3.21. The molecule has 0 radical (unpaired) electrons. The highest BCUT2D eigenvalue weighted by Crippen LogP contribution is 2.36. The van der Waals surface area contributed by atoms with Gasteiger partial charge in [-0.25, -0.2) is 13.5 Å². The lowest BCUT2D eigenvalue weighted by molar-refractivity contribution is 0.288. The molecular weight excluding hydrogens is 320 g/mol. The Morgan fingerprint density at radius 2 is 1.44 bits per heavy atom. The SMILES string of the molecule is FCC(c1ccccc1)(c1ccc(F)cc1)n1nnc2ccccc21. The lowest BCUT2D eigenvalue weighted by Crippen LogP contribution is -2.39. The van der Waals surface area contributed by atoms with Crippen molar-refractivity contribution in [1.29, 1.82) is 0 Å². The Kier molecular flexibility index (Phi) is 3.76. The molecule has 0 saturated carbocycles. The molecule has 0 aliphatic carbocycles. The topological polar surface area (TPSA) is 30.7 Å². The molecule has 124 valence electrons. The van der Waals surface area contributed by atoms with Crippen molar-refractivity contribution in [2.24, 2.45) is 0 Å². The maximum atomic E-state index is 14.7. The first-order chi connectivity index (χ1) is 12.3. The Bertz CT molecular complexity index is 996. The van der Waals surface area contributed by atoms with E-state index >= 15 is 0 Å². The molecule has 0 aliphatic rings. The molecule has 1 unspecified atom stereocenters. The average Bonchev–Trinajstić information content (AvgIpc) is 3.10. The second-order valence-corrected chi connectivity index (χ2v) is 5.86. The van der Waals surface area contributed by atoms with E-state index in [1.807, 2.05) is 54.6 Å². The third-order valence-electron chi connectivity index (χ3n) is 4.48. The van der Waals surface area contributed by atoms with E-state index in [4.69, 9.17) is 0 Å². The predicted octanol–water partition coefficient (Wildman–Crippen LogP) is 4.33. The molecule has 0 spiro atoms. The van der Waals surface area contributed by atoms with Crippen LogP contribution < -0.4 is 0 Å². The minimum absolute atomic E-state index is 0.368. The molecule has 5 heteroatoms. The van der Waals surface area contributed by atoms with Gasteiger partial charge in [-0.2, -0.15) is 0 Å². The van der Waals surface area contributed by atoms with Crippen LogP contribution in [0.1, 0.15) is 11.1 Å². The van der Waals surface area contributed by atoms with Crippen LogP contribution in [0.3, 0.4) is 0 Å². The lowest BCUT2D eigenvalue weighted by Gasteiger charge is -2.32. The molecule has 0 amide bonds. The number of benzene rings is 3. The van der Waals surface area contributed by atoms with Crippen LogP contribution in [0, 0.1) is 5.82 Å². The summed E-state index contributed by atoms with van der Waals surface area (Å²) >= 11 is 0. The summed E-state index contributed by atoms with van der Waals surface area (Å²) in [4.78, 5) is 0. The minimum atomic E-state index is -1.22.